The third-order valence-corrected chi connectivity index (χ3v) is 0.964. The lowest BCUT2D eigenvalue weighted by Gasteiger charge is -2.00. The van der Waals surface area contributed by atoms with Gasteiger partial charge >= 0.3 is 5.97 Å². The number of esters is 1. The fourth-order valence-corrected chi connectivity index (χ4v) is 0.408. The van der Waals surface area contributed by atoms with Crippen molar-refractivity contribution in [2.24, 2.45) is 0 Å². The summed E-state index contributed by atoms with van der Waals surface area (Å²) in [4.78, 5) is 10.6. The van der Waals surface area contributed by atoms with Crippen LogP contribution in [-0.4, -0.2) is 13.1 Å². The normalized spacial score (nSPS) is 10.6. The van der Waals surface area contributed by atoms with Gasteiger partial charge in [-0.15, -0.1) is 0 Å². The lowest BCUT2D eigenvalue weighted by atomic mass is 10.6. The smallest absolute Gasteiger partial charge is 0.373 e. The number of methoxy groups -OCH3 is 1. The topological polar surface area (TPSA) is 35.5 Å². The Morgan fingerprint density at radius 2 is 2.18 bits per heavy atom. The molecule has 0 saturated heterocycles. The van der Waals surface area contributed by atoms with Crippen LogP contribution in [0.25, 0.3) is 0 Å². The molecule has 0 aromatic rings. The van der Waals surface area contributed by atoms with Crippen molar-refractivity contribution in [3.8, 4) is 0 Å². The van der Waals surface area contributed by atoms with E-state index in [9.17, 15) is 4.79 Å². The van der Waals surface area contributed by atoms with Crippen LogP contribution in [0.3, 0.4) is 0 Å². The van der Waals surface area contributed by atoms with E-state index in [4.69, 9.17) is 4.74 Å². The summed E-state index contributed by atoms with van der Waals surface area (Å²) in [5.74, 6) is -0.610. The summed E-state index contributed by atoms with van der Waals surface area (Å²) >= 11 is 3.12. The third kappa shape index (κ3) is 4.61. The van der Waals surface area contributed by atoms with Crippen molar-refractivity contribution in [1.82, 2.24) is 0 Å². The molecule has 11 heavy (non-hydrogen) atoms. The van der Waals surface area contributed by atoms with Gasteiger partial charge in [0, 0.05) is 4.48 Å². The highest BCUT2D eigenvalue weighted by Gasteiger charge is 2.05. The molecule has 0 fully saturated rings. The van der Waals surface area contributed by atoms with Gasteiger partial charge < -0.3 is 9.47 Å². The summed E-state index contributed by atoms with van der Waals surface area (Å²) in [6.45, 7) is 5.10. The quantitative estimate of drug-likeness (QED) is 0.415. The average Bonchev–Trinajstić information content (AvgIpc) is 1.98. The van der Waals surface area contributed by atoms with E-state index in [1.165, 1.54) is 13.4 Å². The maximum absolute atomic E-state index is 10.6. The number of ether oxygens (including phenoxy) is 2. The highest BCUT2D eigenvalue weighted by atomic mass is 79.9. The van der Waals surface area contributed by atoms with E-state index < -0.39 is 5.97 Å². The van der Waals surface area contributed by atoms with Crippen LogP contribution in [0.15, 0.2) is 23.1 Å². The molecule has 0 radical (unpaired) electrons. The summed E-state index contributed by atoms with van der Waals surface area (Å²) < 4.78 is 9.88. The number of halogens is 1. The van der Waals surface area contributed by atoms with Crippen LogP contribution in [0.5, 0.6) is 0 Å². The van der Waals surface area contributed by atoms with Crippen molar-refractivity contribution in [1.29, 1.82) is 0 Å². The number of hydrogen-bond acceptors (Lipinski definition) is 3. The highest BCUT2D eigenvalue weighted by Crippen LogP contribution is 2.05. The van der Waals surface area contributed by atoms with Gasteiger partial charge in [0.25, 0.3) is 0 Å². The Hall–Kier alpha value is -0.770. The van der Waals surface area contributed by atoms with Gasteiger partial charge in [-0.1, -0.05) is 15.9 Å². The molecular weight excluding hydrogens is 212 g/mol. The van der Waals surface area contributed by atoms with Gasteiger partial charge in [-0.3, -0.25) is 0 Å². The van der Waals surface area contributed by atoms with Crippen LogP contribution in [0.4, 0.5) is 0 Å². The Morgan fingerprint density at radius 3 is 2.55 bits per heavy atom. The molecule has 0 unspecified atom stereocenters. The zero-order valence-electron chi connectivity index (χ0n) is 6.39. The average molecular weight is 221 g/mol. The Bertz CT molecular complexity index is 192. The van der Waals surface area contributed by atoms with E-state index in [0.29, 0.717) is 0 Å². The first-order valence-corrected chi connectivity index (χ1v) is 3.63. The van der Waals surface area contributed by atoms with Gasteiger partial charge in [-0.05, 0) is 13.5 Å². The molecule has 0 heterocycles. The van der Waals surface area contributed by atoms with Crippen LogP contribution >= 0.6 is 15.9 Å². The standard InChI is InChI=1S/C7H9BrO3/c1-5(8)4-11-6(2)7(9)10-3/h4H,2H2,1,3H3/b5-4+. The number of carbonyl (C=O) groups is 1. The maximum atomic E-state index is 10.6. The van der Waals surface area contributed by atoms with Gasteiger partial charge in [0.1, 0.15) is 6.26 Å². The minimum atomic E-state index is -0.574. The monoisotopic (exact) mass is 220 g/mol. The first kappa shape index (κ1) is 10.2. The van der Waals surface area contributed by atoms with Crippen LogP contribution in [0.2, 0.25) is 0 Å². The van der Waals surface area contributed by atoms with E-state index >= 15 is 0 Å². The van der Waals surface area contributed by atoms with Crippen LogP contribution < -0.4 is 0 Å². The van der Waals surface area contributed by atoms with E-state index in [1.54, 1.807) is 6.92 Å². The third-order valence-electron chi connectivity index (χ3n) is 0.777. The molecule has 0 atom stereocenters. The fraction of sp³-hybridized carbons (Fsp3) is 0.286. The number of carbonyl (C=O) groups excluding carboxylic acids is 1. The Labute approximate surface area is 73.8 Å². The van der Waals surface area contributed by atoms with Crippen molar-refractivity contribution >= 4 is 21.9 Å². The second-order valence-corrected chi connectivity index (χ2v) is 2.99. The fourth-order valence-electron chi connectivity index (χ4n) is 0.314. The van der Waals surface area contributed by atoms with Gasteiger partial charge in [-0.2, -0.15) is 0 Å². The Morgan fingerprint density at radius 1 is 1.64 bits per heavy atom. The minimum absolute atomic E-state index is 0.0358. The van der Waals surface area contributed by atoms with E-state index in [1.807, 2.05) is 0 Å². The van der Waals surface area contributed by atoms with Gasteiger partial charge in [0.15, 0.2) is 0 Å². The molecule has 4 heteroatoms. The summed E-state index contributed by atoms with van der Waals surface area (Å²) in [6.07, 6.45) is 1.36. The zero-order valence-corrected chi connectivity index (χ0v) is 7.97. The van der Waals surface area contributed by atoms with Crippen molar-refractivity contribution < 1.29 is 14.3 Å². The first-order chi connectivity index (χ1) is 5.07. The maximum Gasteiger partial charge on any atom is 0.373 e. The SMILES string of the molecule is C=C(O/C=C(\C)Br)C(=O)OC. The first-order valence-electron chi connectivity index (χ1n) is 2.84. The summed E-state index contributed by atoms with van der Waals surface area (Å²) in [5.41, 5.74) is 0. The molecule has 0 saturated carbocycles. The molecule has 0 rings (SSSR count). The number of rotatable bonds is 3. The predicted molar refractivity (Wildman–Crippen MR) is 44.9 cm³/mol. The van der Waals surface area contributed by atoms with Crippen molar-refractivity contribution in [3.63, 3.8) is 0 Å². The molecule has 0 bridgehead atoms. The highest BCUT2D eigenvalue weighted by molar-refractivity contribution is 9.11. The number of allylic oxidation sites excluding steroid dienone is 1. The van der Waals surface area contributed by atoms with E-state index in [0.717, 1.165) is 4.48 Å². The molecule has 0 amide bonds. The molecule has 62 valence electrons. The zero-order chi connectivity index (χ0) is 8.85. The van der Waals surface area contributed by atoms with Crippen LogP contribution in [0, 0.1) is 0 Å². The van der Waals surface area contributed by atoms with Crippen molar-refractivity contribution in [3.05, 3.63) is 23.1 Å². The van der Waals surface area contributed by atoms with Gasteiger partial charge in [0.2, 0.25) is 5.76 Å². The molecule has 0 aromatic heterocycles. The van der Waals surface area contributed by atoms with Crippen molar-refractivity contribution in [2.45, 2.75) is 6.92 Å². The molecular formula is C7H9BrO3. The molecule has 3 nitrogen and oxygen atoms in total. The second kappa shape index (κ2) is 4.96. The van der Waals surface area contributed by atoms with Crippen LogP contribution in [-0.2, 0) is 14.3 Å². The Kier molecular flexibility index (Phi) is 4.61. The summed E-state index contributed by atoms with van der Waals surface area (Å²) in [5, 5.41) is 0. The van der Waals surface area contributed by atoms with E-state index in [2.05, 4.69) is 27.2 Å². The predicted octanol–water partition coefficient (Wildman–Crippen LogP) is 1.95. The van der Waals surface area contributed by atoms with Gasteiger partial charge in [0.05, 0.1) is 7.11 Å². The largest absolute Gasteiger partial charge is 0.463 e. The van der Waals surface area contributed by atoms with Crippen LogP contribution in [0.1, 0.15) is 6.92 Å². The van der Waals surface area contributed by atoms with Gasteiger partial charge in [-0.25, -0.2) is 4.79 Å². The molecule has 0 spiro atoms. The minimum Gasteiger partial charge on any atom is -0.463 e. The lowest BCUT2D eigenvalue weighted by molar-refractivity contribution is -0.139. The molecule has 0 N–H and O–H groups in total. The van der Waals surface area contributed by atoms with Crippen molar-refractivity contribution in [2.75, 3.05) is 7.11 Å². The lowest BCUT2D eigenvalue weighted by Crippen LogP contribution is -2.04. The second-order valence-electron chi connectivity index (χ2n) is 1.74. The summed E-state index contributed by atoms with van der Waals surface area (Å²) in [7, 11) is 1.27. The van der Waals surface area contributed by atoms with E-state index in [-0.39, 0.29) is 5.76 Å². The molecule has 0 aliphatic carbocycles. The molecule has 0 aliphatic rings. The molecule has 0 aromatic carbocycles. The number of hydrogen-bond donors (Lipinski definition) is 0. The Balaban J connectivity index is 3.89. The molecule has 0 aliphatic heterocycles. The summed E-state index contributed by atoms with van der Waals surface area (Å²) in [6, 6.07) is 0.